The van der Waals surface area contributed by atoms with Crippen LogP contribution in [0.3, 0.4) is 0 Å². The van der Waals surface area contributed by atoms with Gasteiger partial charge < -0.3 is 4.74 Å². The van der Waals surface area contributed by atoms with Gasteiger partial charge >= 0.3 is 5.97 Å². The van der Waals surface area contributed by atoms with Gasteiger partial charge in [-0.2, -0.15) is 0 Å². The number of rotatable bonds is 3. The van der Waals surface area contributed by atoms with Gasteiger partial charge in [-0.1, -0.05) is 19.1 Å². The lowest BCUT2D eigenvalue weighted by atomic mass is 10.3. The predicted molar refractivity (Wildman–Crippen MR) is 56.6 cm³/mol. The van der Waals surface area contributed by atoms with E-state index in [4.69, 9.17) is 0 Å². The van der Waals surface area contributed by atoms with Gasteiger partial charge in [-0.15, -0.1) is 6.58 Å². The molecule has 13 heavy (non-hydrogen) atoms. The number of carbonyl (C=O) groups excluding carboxylic acids is 1. The van der Waals surface area contributed by atoms with Gasteiger partial charge in [0.15, 0.2) is 0 Å². The average molecular weight is 184 g/mol. The highest BCUT2D eigenvalue weighted by molar-refractivity contribution is 5.87. The first-order valence-electron chi connectivity index (χ1n) is 4.54. The molecular formula is C11H20O2. The van der Waals surface area contributed by atoms with Crippen molar-refractivity contribution >= 4 is 5.97 Å². The summed E-state index contributed by atoms with van der Waals surface area (Å²) in [5.41, 5.74) is 0.664. The zero-order chi connectivity index (χ0) is 10.7. The third-order valence-corrected chi connectivity index (χ3v) is 1.32. The van der Waals surface area contributed by atoms with Crippen molar-refractivity contribution in [2.75, 3.05) is 6.61 Å². The molecule has 76 valence electrons. The van der Waals surface area contributed by atoms with E-state index in [1.165, 1.54) is 0 Å². The van der Waals surface area contributed by atoms with Crippen LogP contribution in [0.1, 0.15) is 34.1 Å². The van der Waals surface area contributed by atoms with Gasteiger partial charge in [-0.3, -0.25) is 0 Å². The minimum Gasteiger partial charge on any atom is -0.463 e. The highest BCUT2D eigenvalue weighted by Gasteiger charge is 2.00. The Morgan fingerprint density at radius 2 is 1.92 bits per heavy atom. The molecule has 0 unspecified atom stereocenters. The molecule has 2 heteroatoms. The molecule has 0 aliphatic carbocycles. The van der Waals surface area contributed by atoms with Crippen LogP contribution in [-0.4, -0.2) is 12.6 Å². The Morgan fingerprint density at radius 1 is 1.46 bits per heavy atom. The molecule has 0 rings (SSSR count). The Bertz CT molecular complexity index is 169. The quantitative estimate of drug-likeness (QED) is 0.383. The van der Waals surface area contributed by atoms with Crippen LogP contribution in [0.25, 0.3) is 0 Å². The lowest BCUT2D eigenvalue weighted by molar-refractivity contribution is -0.138. The summed E-state index contributed by atoms with van der Waals surface area (Å²) in [4.78, 5) is 10.7. The van der Waals surface area contributed by atoms with Crippen molar-refractivity contribution in [3.63, 3.8) is 0 Å². The number of carbonyl (C=O) groups is 1. The molecule has 0 saturated heterocycles. The smallest absolute Gasteiger partial charge is 0.333 e. The number of hydrogen-bond acceptors (Lipinski definition) is 2. The Kier molecular flexibility index (Phi) is 12.2. The minimum atomic E-state index is -0.222. The Balaban J connectivity index is 0. The lowest BCUT2D eigenvalue weighted by Crippen LogP contribution is -2.04. The van der Waals surface area contributed by atoms with Crippen molar-refractivity contribution in [2.45, 2.75) is 34.1 Å². The summed E-state index contributed by atoms with van der Waals surface area (Å²) >= 11 is 0. The molecule has 0 spiro atoms. The highest BCUT2D eigenvalue weighted by Crippen LogP contribution is 1.94. The third kappa shape index (κ3) is 10.9. The monoisotopic (exact) mass is 184 g/mol. The second-order valence-electron chi connectivity index (χ2n) is 2.39. The van der Waals surface area contributed by atoms with Gasteiger partial charge in [-0.05, 0) is 27.2 Å². The summed E-state index contributed by atoms with van der Waals surface area (Å²) in [6.07, 6.45) is 4.69. The van der Waals surface area contributed by atoms with Gasteiger partial charge in [0.05, 0.1) is 6.61 Å². The van der Waals surface area contributed by atoms with E-state index >= 15 is 0 Å². The second-order valence-corrected chi connectivity index (χ2v) is 2.39. The van der Waals surface area contributed by atoms with Crippen molar-refractivity contribution in [2.24, 2.45) is 0 Å². The molecule has 0 aliphatic heterocycles. The standard InChI is InChI=1S/C7H12O2.C4H8/c1-4-6(3)7(8)9-5-2;1-3-4-2/h4H,5H2,1-3H3;3H,1,4H2,2H3/b6-4+;. The molecule has 0 atom stereocenters. The second kappa shape index (κ2) is 11.0. The molecule has 0 aliphatic rings. The molecule has 2 nitrogen and oxygen atoms in total. The van der Waals surface area contributed by atoms with Gasteiger partial charge in [0.1, 0.15) is 0 Å². The Morgan fingerprint density at radius 3 is 2.15 bits per heavy atom. The van der Waals surface area contributed by atoms with Crippen molar-refractivity contribution in [3.05, 3.63) is 24.3 Å². The van der Waals surface area contributed by atoms with E-state index in [0.717, 1.165) is 6.42 Å². The Labute approximate surface area is 81.3 Å². The van der Waals surface area contributed by atoms with E-state index in [9.17, 15) is 4.79 Å². The topological polar surface area (TPSA) is 26.3 Å². The third-order valence-electron chi connectivity index (χ3n) is 1.32. The van der Waals surface area contributed by atoms with E-state index in [1.54, 1.807) is 19.9 Å². The van der Waals surface area contributed by atoms with Crippen LogP contribution in [0.5, 0.6) is 0 Å². The van der Waals surface area contributed by atoms with Crippen molar-refractivity contribution in [3.8, 4) is 0 Å². The summed E-state index contributed by atoms with van der Waals surface area (Å²) in [7, 11) is 0. The van der Waals surface area contributed by atoms with Crippen LogP contribution in [0.4, 0.5) is 0 Å². The molecule has 0 heterocycles. The van der Waals surface area contributed by atoms with E-state index in [1.807, 2.05) is 13.0 Å². The number of esters is 1. The molecule has 0 bridgehead atoms. The SMILES string of the molecule is C/C=C(\C)C(=O)OCC.C=CCC. The van der Waals surface area contributed by atoms with Crippen LogP contribution in [0, 0.1) is 0 Å². The lowest BCUT2D eigenvalue weighted by Gasteiger charge is -1.98. The molecule has 0 N–H and O–H groups in total. The molecule has 0 saturated carbocycles. The largest absolute Gasteiger partial charge is 0.463 e. The van der Waals surface area contributed by atoms with E-state index in [2.05, 4.69) is 18.2 Å². The fourth-order valence-electron chi connectivity index (χ4n) is 0.363. The first kappa shape index (κ1) is 14.5. The summed E-state index contributed by atoms with van der Waals surface area (Å²) in [5.74, 6) is -0.222. The summed E-state index contributed by atoms with van der Waals surface area (Å²) < 4.78 is 4.69. The van der Waals surface area contributed by atoms with E-state index < -0.39 is 0 Å². The predicted octanol–water partition coefficient (Wildman–Crippen LogP) is 3.10. The van der Waals surface area contributed by atoms with Crippen LogP contribution in [0.15, 0.2) is 24.3 Å². The van der Waals surface area contributed by atoms with Crippen LogP contribution < -0.4 is 0 Å². The first-order chi connectivity index (χ1) is 6.13. The van der Waals surface area contributed by atoms with Crippen molar-refractivity contribution in [1.29, 1.82) is 0 Å². The van der Waals surface area contributed by atoms with Crippen molar-refractivity contribution < 1.29 is 9.53 Å². The molecule has 0 aromatic heterocycles. The zero-order valence-corrected chi connectivity index (χ0v) is 9.09. The molecular weight excluding hydrogens is 164 g/mol. The molecule has 0 amide bonds. The van der Waals surface area contributed by atoms with Crippen LogP contribution in [0.2, 0.25) is 0 Å². The van der Waals surface area contributed by atoms with Gasteiger partial charge in [0.2, 0.25) is 0 Å². The highest BCUT2D eigenvalue weighted by atomic mass is 16.5. The minimum absolute atomic E-state index is 0.222. The fraction of sp³-hybridized carbons (Fsp3) is 0.545. The van der Waals surface area contributed by atoms with Crippen LogP contribution >= 0.6 is 0 Å². The molecule has 0 radical (unpaired) electrons. The average Bonchev–Trinajstić information content (AvgIpc) is 2.17. The maximum Gasteiger partial charge on any atom is 0.333 e. The number of allylic oxidation sites excluding steroid dienone is 2. The van der Waals surface area contributed by atoms with Gasteiger partial charge in [0.25, 0.3) is 0 Å². The fourth-order valence-corrected chi connectivity index (χ4v) is 0.363. The summed E-state index contributed by atoms with van der Waals surface area (Å²) in [5, 5.41) is 0. The zero-order valence-electron chi connectivity index (χ0n) is 9.09. The summed E-state index contributed by atoms with van der Waals surface area (Å²) in [6, 6.07) is 0. The maximum absolute atomic E-state index is 10.7. The molecule has 0 aromatic carbocycles. The van der Waals surface area contributed by atoms with Gasteiger partial charge in [-0.25, -0.2) is 4.79 Å². The normalized spacial score (nSPS) is 9.69. The number of ether oxygens (including phenoxy) is 1. The van der Waals surface area contributed by atoms with E-state index in [0.29, 0.717) is 12.2 Å². The molecule has 0 fully saturated rings. The van der Waals surface area contributed by atoms with Gasteiger partial charge in [0, 0.05) is 5.57 Å². The van der Waals surface area contributed by atoms with E-state index in [-0.39, 0.29) is 5.97 Å². The Hall–Kier alpha value is -1.05. The van der Waals surface area contributed by atoms with Crippen LogP contribution in [-0.2, 0) is 9.53 Å². The number of hydrogen-bond donors (Lipinski definition) is 0. The molecule has 0 aromatic rings. The van der Waals surface area contributed by atoms with Crippen molar-refractivity contribution in [1.82, 2.24) is 0 Å². The maximum atomic E-state index is 10.7. The summed E-state index contributed by atoms with van der Waals surface area (Å²) in [6.45, 7) is 11.3. The first-order valence-corrected chi connectivity index (χ1v) is 4.54.